The average molecular weight is 253 g/mol. The van der Waals surface area contributed by atoms with Crippen LogP contribution in [0.1, 0.15) is 44.8 Å². The van der Waals surface area contributed by atoms with Gasteiger partial charge in [0.25, 0.3) is 0 Å². The number of aromatic nitrogens is 2. The zero-order valence-corrected chi connectivity index (χ0v) is 11.0. The van der Waals surface area contributed by atoms with Gasteiger partial charge in [-0.05, 0) is 19.9 Å². The summed E-state index contributed by atoms with van der Waals surface area (Å²) >= 11 is 0. The summed E-state index contributed by atoms with van der Waals surface area (Å²) in [6.07, 6.45) is 0.664. The van der Waals surface area contributed by atoms with Crippen LogP contribution in [-0.4, -0.2) is 39.2 Å². The van der Waals surface area contributed by atoms with Crippen molar-refractivity contribution >= 4 is 5.97 Å². The Morgan fingerprint density at radius 2 is 2.33 bits per heavy atom. The van der Waals surface area contributed by atoms with Crippen molar-refractivity contribution in [2.24, 2.45) is 5.41 Å². The van der Waals surface area contributed by atoms with Gasteiger partial charge in [-0.2, -0.15) is 4.98 Å². The first-order chi connectivity index (χ1) is 8.40. The minimum Gasteiger partial charge on any atom is -0.481 e. The highest BCUT2D eigenvalue weighted by atomic mass is 16.5. The van der Waals surface area contributed by atoms with Gasteiger partial charge in [0.2, 0.25) is 5.89 Å². The summed E-state index contributed by atoms with van der Waals surface area (Å²) in [6.45, 7) is 7.62. The van der Waals surface area contributed by atoms with Crippen molar-refractivity contribution in [3.63, 3.8) is 0 Å². The molecule has 1 aliphatic rings. The number of likely N-dealkylation sites (tertiary alicyclic amines) is 1. The molecule has 1 aliphatic heterocycles. The van der Waals surface area contributed by atoms with Crippen LogP contribution in [0.25, 0.3) is 0 Å². The van der Waals surface area contributed by atoms with Gasteiger partial charge in [-0.15, -0.1) is 0 Å². The number of carbonyl (C=O) groups is 1. The molecule has 1 aromatic rings. The molecule has 0 spiro atoms. The number of carboxylic acid groups (broad SMARTS) is 1. The van der Waals surface area contributed by atoms with E-state index in [0.29, 0.717) is 31.2 Å². The number of aliphatic carboxylic acids is 1. The number of hydrogen-bond acceptors (Lipinski definition) is 5. The van der Waals surface area contributed by atoms with Crippen LogP contribution < -0.4 is 0 Å². The standard InChI is InChI=1S/C12H19N3O3/c1-8(2)10-13-9(14-18-10)6-15-5-4-12(3,7-15)11(16)17/h8H,4-7H2,1-3H3,(H,16,17). The summed E-state index contributed by atoms with van der Waals surface area (Å²) in [5, 5.41) is 13.1. The van der Waals surface area contributed by atoms with Crippen molar-refractivity contribution in [2.75, 3.05) is 13.1 Å². The van der Waals surface area contributed by atoms with Gasteiger partial charge in [-0.25, -0.2) is 0 Å². The molecular weight excluding hydrogens is 234 g/mol. The van der Waals surface area contributed by atoms with Crippen LogP contribution in [-0.2, 0) is 11.3 Å². The smallest absolute Gasteiger partial charge is 0.310 e. The van der Waals surface area contributed by atoms with Crippen molar-refractivity contribution in [1.82, 2.24) is 15.0 Å². The molecule has 18 heavy (non-hydrogen) atoms. The van der Waals surface area contributed by atoms with E-state index in [1.54, 1.807) is 6.92 Å². The van der Waals surface area contributed by atoms with Crippen LogP contribution in [0, 0.1) is 5.41 Å². The van der Waals surface area contributed by atoms with Crippen molar-refractivity contribution in [1.29, 1.82) is 0 Å². The van der Waals surface area contributed by atoms with Gasteiger partial charge in [-0.1, -0.05) is 19.0 Å². The predicted molar refractivity (Wildman–Crippen MR) is 64.0 cm³/mol. The van der Waals surface area contributed by atoms with Gasteiger partial charge in [0.1, 0.15) is 0 Å². The van der Waals surface area contributed by atoms with Gasteiger partial charge < -0.3 is 9.63 Å². The normalized spacial score (nSPS) is 24.9. The molecule has 6 heteroatoms. The van der Waals surface area contributed by atoms with E-state index in [2.05, 4.69) is 15.0 Å². The lowest BCUT2D eigenvalue weighted by atomic mass is 9.90. The second kappa shape index (κ2) is 4.68. The molecular formula is C12H19N3O3. The second-order valence-corrected chi connectivity index (χ2v) is 5.53. The highest BCUT2D eigenvalue weighted by Gasteiger charge is 2.40. The SMILES string of the molecule is CC(C)c1nc(CN2CCC(C)(C(=O)O)C2)no1. The minimum absolute atomic E-state index is 0.217. The average Bonchev–Trinajstić information content (AvgIpc) is 2.87. The first-order valence-corrected chi connectivity index (χ1v) is 6.19. The molecule has 1 atom stereocenters. The van der Waals surface area contributed by atoms with Gasteiger partial charge >= 0.3 is 5.97 Å². The summed E-state index contributed by atoms with van der Waals surface area (Å²) in [6, 6.07) is 0. The maximum absolute atomic E-state index is 11.1. The van der Waals surface area contributed by atoms with Crippen molar-refractivity contribution < 1.29 is 14.4 Å². The fourth-order valence-corrected chi connectivity index (χ4v) is 2.13. The number of rotatable bonds is 4. The molecule has 0 aromatic carbocycles. The molecule has 100 valence electrons. The molecule has 2 heterocycles. The number of hydrogen-bond donors (Lipinski definition) is 1. The van der Waals surface area contributed by atoms with Gasteiger partial charge in [-0.3, -0.25) is 9.69 Å². The summed E-state index contributed by atoms with van der Waals surface area (Å²) in [7, 11) is 0. The maximum atomic E-state index is 11.1. The molecule has 2 rings (SSSR count). The Labute approximate surface area is 106 Å². The molecule has 1 saturated heterocycles. The third kappa shape index (κ3) is 2.53. The molecule has 1 aromatic heterocycles. The first-order valence-electron chi connectivity index (χ1n) is 6.19. The minimum atomic E-state index is -0.735. The summed E-state index contributed by atoms with van der Waals surface area (Å²) < 4.78 is 5.13. The Bertz CT molecular complexity index is 444. The Morgan fingerprint density at radius 3 is 2.83 bits per heavy atom. The van der Waals surface area contributed by atoms with E-state index < -0.39 is 11.4 Å². The zero-order chi connectivity index (χ0) is 13.3. The molecule has 1 unspecified atom stereocenters. The fourth-order valence-electron chi connectivity index (χ4n) is 2.13. The van der Waals surface area contributed by atoms with Gasteiger partial charge in [0, 0.05) is 12.5 Å². The van der Waals surface area contributed by atoms with E-state index in [1.807, 2.05) is 13.8 Å². The van der Waals surface area contributed by atoms with Crippen LogP contribution in [0.3, 0.4) is 0 Å². The van der Waals surface area contributed by atoms with Crippen molar-refractivity contribution in [3.05, 3.63) is 11.7 Å². The van der Waals surface area contributed by atoms with Crippen LogP contribution >= 0.6 is 0 Å². The molecule has 6 nitrogen and oxygen atoms in total. The molecule has 1 fully saturated rings. The summed E-state index contributed by atoms with van der Waals surface area (Å²) in [5.74, 6) is 0.744. The fraction of sp³-hybridized carbons (Fsp3) is 0.750. The number of nitrogens with zero attached hydrogens (tertiary/aromatic N) is 3. The second-order valence-electron chi connectivity index (χ2n) is 5.53. The number of carboxylic acids is 1. The topological polar surface area (TPSA) is 79.5 Å². The van der Waals surface area contributed by atoms with Crippen LogP contribution in [0.2, 0.25) is 0 Å². The maximum Gasteiger partial charge on any atom is 0.310 e. The molecule has 0 radical (unpaired) electrons. The molecule has 0 bridgehead atoms. The van der Waals surface area contributed by atoms with Gasteiger partial charge in [0.05, 0.1) is 12.0 Å². The van der Waals surface area contributed by atoms with Gasteiger partial charge in [0.15, 0.2) is 5.82 Å². The lowest BCUT2D eigenvalue weighted by Crippen LogP contribution is -2.31. The van der Waals surface area contributed by atoms with E-state index in [9.17, 15) is 4.79 Å². The van der Waals surface area contributed by atoms with E-state index in [0.717, 1.165) is 6.54 Å². The van der Waals surface area contributed by atoms with Crippen LogP contribution in [0.5, 0.6) is 0 Å². The van der Waals surface area contributed by atoms with Crippen molar-refractivity contribution in [2.45, 2.75) is 39.7 Å². The van der Waals surface area contributed by atoms with Crippen molar-refractivity contribution in [3.8, 4) is 0 Å². The highest BCUT2D eigenvalue weighted by molar-refractivity contribution is 5.74. The Morgan fingerprint density at radius 1 is 1.61 bits per heavy atom. The third-order valence-electron chi connectivity index (χ3n) is 3.41. The van der Waals surface area contributed by atoms with Crippen LogP contribution in [0.15, 0.2) is 4.52 Å². The lowest BCUT2D eigenvalue weighted by Gasteiger charge is -2.18. The largest absolute Gasteiger partial charge is 0.481 e. The van der Waals surface area contributed by atoms with Crippen LogP contribution in [0.4, 0.5) is 0 Å². The molecule has 0 amide bonds. The molecule has 1 N–H and O–H groups in total. The van der Waals surface area contributed by atoms with E-state index >= 15 is 0 Å². The quantitative estimate of drug-likeness (QED) is 0.875. The van der Waals surface area contributed by atoms with E-state index in [-0.39, 0.29) is 5.92 Å². The summed E-state index contributed by atoms with van der Waals surface area (Å²) in [5.41, 5.74) is -0.648. The first kappa shape index (κ1) is 13.0. The van der Waals surface area contributed by atoms with E-state index in [1.165, 1.54) is 0 Å². The highest BCUT2D eigenvalue weighted by Crippen LogP contribution is 2.30. The third-order valence-corrected chi connectivity index (χ3v) is 3.41. The molecule has 0 saturated carbocycles. The predicted octanol–water partition coefficient (Wildman–Crippen LogP) is 1.49. The Kier molecular flexibility index (Phi) is 3.38. The van der Waals surface area contributed by atoms with E-state index in [4.69, 9.17) is 9.63 Å². The molecule has 0 aliphatic carbocycles. The monoisotopic (exact) mass is 253 g/mol. The zero-order valence-electron chi connectivity index (χ0n) is 11.0. The Balaban J connectivity index is 1.97. The summed E-state index contributed by atoms with van der Waals surface area (Å²) in [4.78, 5) is 17.5. The Hall–Kier alpha value is -1.43. The lowest BCUT2D eigenvalue weighted by molar-refractivity contribution is -0.147.